The molecule has 1 rings (SSSR count). The van der Waals surface area contributed by atoms with Crippen LogP contribution in [0.1, 0.15) is 20.8 Å². The van der Waals surface area contributed by atoms with E-state index in [1.165, 1.54) is 0 Å². The summed E-state index contributed by atoms with van der Waals surface area (Å²) >= 11 is 0. The van der Waals surface area contributed by atoms with Crippen LogP contribution in [0, 0.1) is 5.41 Å². The monoisotopic (exact) mass is 170 g/mol. The van der Waals surface area contributed by atoms with Crippen LogP contribution in [0.5, 0.6) is 0 Å². The molecule has 4 heteroatoms. The molecule has 0 aromatic heterocycles. The molecule has 68 valence electrons. The maximum Gasteiger partial charge on any atom is 0.317 e. The first-order chi connectivity index (χ1) is 5.50. The van der Waals surface area contributed by atoms with Crippen molar-refractivity contribution in [3.63, 3.8) is 0 Å². The van der Waals surface area contributed by atoms with Crippen LogP contribution in [-0.4, -0.2) is 12.5 Å². The molecule has 0 amide bonds. The molecule has 0 radical (unpaired) electrons. The van der Waals surface area contributed by atoms with Gasteiger partial charge in [-0.05, 0) is 26.8 Å². The molecule has 0 bridgehead atoms. The van der Waals surface area contributed by atoms with Crippen molar-refractivity contribution in [1.82, 2.24) is 10.9 Å². The predicted octanol–water partition coefficient (Wildman–Crippen LogP) is 0.525. The molecule has 0 aromatic rings. The first-order valence-electron chi connectivity index (χ1n) is 3.91. The number of nitrogens with one attached hydrogen (secondary N) is 2. The van der Waals surface area contributed by atoms with Gasteiger partial charge in [-0.2, -0.15) is 0 Å². The van der Waals surface area contributed by atoms with Crippen LogP contribution in [0.2, 0.25) is 0 Å². The Morgan fingerprint density at radius 2 is 2.25 bits per heavy atom. The van der Waals surface area contributed by atoms with E-state index in [4.69, 9.17) is 4.74 Å². The van der Waals surface area contributed by atoms with Crippen molar-refractivity contribution in [3.05, 3.63) is 12.0 Å². The fourth-order valence-corrected chi connectivity index (χ4v) is 0.653. The van der Waals surface area contributed by atoms with E-state index >= 15 is 0 Å². The van der Waals surface area contributed by atoms with Crippen LogP contribution < -0.4 is 10.9 Å². The number of rotatable bonds is 1. The molecular weight excluding hydrogens is 156 g/mol. The van der Waals surface area contributed by atoms with Gasteiger partial charge in [-0.1, -0.05) is 0 Å². The van der Waals surface area contributed by atoms with Crippen LogP contribution in [0.3, 0.4) is 0 Å². The molecule has 4 nitrogen and oxygen atoms in total. The van der Waals surface area contributed by atoms with Crippen LogP contribution in [0.4, 0.5) is 0 Å². The van der Waals surface area contributed by atoms with Gasteiger partial charge in [0.25, 0.3) is 0 Å². The highest BCUT2D eigenvalue weighted by atomic mass is 16.6. The maximum absolute atomic E-state index is 11.3. The predicted molar refractivity (Wildman–Crippen MR) is 44.8 cm³/mol. The van der Waals surface area contributed by atoms with E-state index in [0.29, 0.717) is 12.4 Å². The molecule has 0 atom stereocenters. The fraction of sp³-hybridized carbons (Fsp3) is 0.625. The summed E-state index contributed by atoms with van der Waals surface area (Å²) in [6.07, 6.45) is 1.78. The Labute approximate surface area is 71.9 Å². The molecule has 0 spiro atoms. The summed E-state index contributed by atoms with van der Waals surface area (Å²) in [5, 5.41) is 0. The first-order valence-corrected chi connectivity index (χ1v) is 3.91. The van der Waals surface area contributed by atoms with Crippen LogP contribution in [0.15, 0.2) is 12.0 Å². The van der Waals surface area contributed by atoms with Crippen molar-refractivity contribution in [2.45, 2.75) is 20.8 Å². The highest BCUT2D eigenvalue weighted by Crippen LogP contribution is 2.16. The lowest BCUT2D eigenvalue weighted by Crippen LogP contribution is -2.29. The van der Waals surface area contributed by atoms with E-state index < -0.39 is 5.41 Å². The fourth-order valence-electron chi connectivity index (χ4n) is 0.653. The van der Waals surface area contributed by atoms with Gasteiger partial charge in [-0.15, -0.1) is 0 Å². The lowest BCUT2D eigenvalue weighted by molar-refractivity contribution is -0.149. The molecule has 1 aliphatic heterocycles. The standard InChI is InChI=1S/C8H14N2O2/c1-8(2,3)7(11)12-6-4-5-9-10-6/h4,9-10H,5H2,1-3H3. The van der Waals surface area contributed by atoms with Gasteiger partial charge in [0.2, 0.25) is 5.88 Å². The Hall–Kier alpha value is -1.03. The summed E-state index contributed by atoms with van der Waals surface area (Å²) in [4.78, 5) is 11.3. The number of ether oxygens (including phenoxy) is 1. The Kier molecular flexibility index (Phi) is 2.38. The van der Waals surface area contributed by atoms with Gasteiger partial charge in [-0.25, -0.2) is 5.43 Å². The van der Waals surface area contributed by atoms with E-state index in [2.05, 4.69) is 10.9 Å². The zero-order chi connectivity index (χ0) is 9.19. The van der Waals surface area contributed by atoms with Gasteiger partial charge in [0.05, 0.1) is 5.41 Å². The topological polar surface area (TPSA) is 50.4 Å². The smallest absolute Gasteiger partial charge is 0.317 e. The van der Waals surface area contributed by atoms with Crippen molar-refractivity contribution in [1.29, 1.82) is 0 Å². The highest BCUT2D eigenvalue weighted by molar-refractivity contribution is 5.76. The molecule has 1 aliphatic rings. The Bertz CT molecular complexity index is 216. The summed E-state index contributed by atoms with van der Waals surface area (Å²) in [7, 11) is 0. The third-order valence-corrected chi connectivity index (χ3v) is 1.42. The minimum absolute atomic E-state index is 0.232. The summed E-state index contributed by atoms with van der Waals surface area (Å²) in [5.41, 5.74) is 5.08. The quantitative estimate of drug-likeness (QED) is 0.563. The average Bonchev–Trinajstić information content (AvgIpc) is 2.37. The van der Waals surface area contributed by atoms with Gasteiger partial charge in [0, 0.05) is 6.54 Å². The number of hydrogen-bond acceptors (Lipinski definition) is 4. The SMILES string of the molecule is CC(C)(C)C(=O)OC1=CCNN1. The third kappa shape index (κ3) is 2.23. The van der Waals surface area contributed by atoms with Gasteiger partial charge >= 0.3 is 5.97 Å². The molecule has 1 heterocycles. The molecule has 0 saturated carbocycles. The Morgan fingerprint density at radius 1 is 1.58 bits per heavy atom. The van der Waals surface area contributed by atoms with Crippen LogP contribution >= 0.6 is 0 Å². The number of carbonyl (C=O) groups excluding carboxylic acids is 1. The van der Waals surface area contributed by atoms with Crippen molar-refractivity contribution in [2.75, 3.05) is 6.54 Å². The lowest BCUT2D eigenvalue weighted by atomic mass is 9.97. The van der Waals surface area contributed by atoms with E-state index in [1.807, 2.05) is 20.8 Å². The minimum atomic E-state index is -0.453. The summed E-state index contributed by atoms with van der Waals surface area (Å²) in [6, 6.07) is 0. The highest BCUT2D eigenvalue weighted by Gasteiger charge is 2.24. The molecule has 12 heavy (non-hydrogen) atoms. The number of hydrazine groups is 1. The largest absolute Gasteiger partial charge is 0.408 e. The average molecular weight is 170 g/mol. The number of carbonyl (C=O) groups is 1. The van der Waals surface area contributed by atoms with E-state index in [0.717, 1.165) is 0 Å². The van der Waals surface area contributed by atoms with Crippen LogP contribution in [-0.2, 0) is 9.53 Å². The summed E-state index contributed by atoms with van der Waals surface area (Å²) in [5.74, 6) is 0.264. The molecule has 0 aliphatic carbocycles. The minimum Gasteiger partial charge on any atom is -0.408 e. The second kappa shape index (κ2) is 3.15. The lowest BCUT2D eigenvalue weighted by Gasteiger charge is -2.16. The van der Waals surface area contributed by atoms with Crippen molar-refractivity contribution in [3.8, 4) is 0 Å². The van der Waals surface area contributed by atoms with Gasteiger partial charge < -0.3 is 4.74 Å². The van der Waals surface area contributed by atoms with Gasteiger partial charge in [0.1, 0.15) is 0 Å². The molecular formula is C8H14N2O2. The van der Waals surface area contributed by atoms with Gasteiger partial charge in [-0.3, -0.25) is 10.2 Å². The van der Waals surface area contributed by atoms with E-state index in [9.17, 15) is 4.79 Å². The van der Waals surface area contributed by atoms with Crippen molar-refractivity contribution >= 4 is 5.97 Å². The van der Waals surface area contributed by atoms with E-state index in [-0.39, 0.29) is 5.97 Å². The van der Waals surface area contributed by atoms with Gasteiger partial charge in [0.15, 0.2) is 0 Å². The maximum atomic E-state index is 11.3. The first kappa shape index (κ1) is 9.06. The summed E-state index contributed by atoms with van der Waals surface area (Å²) in [6.45, 7) is 6.14. The molecule has 0 unspecified atom stereocenters. The second-order valence-electron chi connectivity index (χ2n) is 3.71. The molecule has 2 N–H and O–H groups in total. The Balaban J connectivity index is 2.46. The zero-order valence-electron chi connectivity index (χ0n) is 7.60. The molecule has 0 saturated heterocycles. The van der Waals surface area contributed by atoms with Crippen molar-refractivity contribution < 1.29 is 9.53 Å². The third-order valence-electron chi connectivity index (χ3n) is 1.42. The molecule has 0 aromatic carbocycles. The number of hydrogen-bond donors (Lipinski definition) is 2. The van der Waals surface area contributed by atoms with Crippen molar-refractivity contribution in [2.24, 2.45) is 5.41 Å². The second-order valence-corrected chi connectivity index (χ2v) is 3.71. The molecule has 0 fully saturated rings. The Morgan fingerprint density at radius 3 is 2.67 bits per heavy atom. The zero-order valence-corrected chi connectivity index (χ0v) is 7.60. The van der Waals surface area contributed by atoms with Crippen LogP contribution in [0.25, 0.3) is 0 Å². The van der Waals surface area contributed by atoms with E-state index in [1.54, 1.807) is 6.08 Å². The number of esters is 1. The summed E-state index contributed by atoms with van der Waals surface area (Å²) < 4.78 is 5.02. The normalized spacial score (nSPS) is 16.8.